The van der Waals surface area contributed by atoms with E-state index in [1.165, 1.54) is 28.5 Å². The Labute approximate surface area is 157 Å². The number of aromatic nitrogens is 2. The number of carbonyl (C=O) groups is 1. The average molecular weight is 387 g/mol. The van der Waals surface area contributed by atoms with Crippen LogP contribution in [0.3, 0.4) is 0 Å². The van der Waals surface area contributed by atoms with Gasteiger partial charge in [0.05, 0.1) is 12.7 Å². The zero-order chi connectivity index (χ0) is 18.8. The minimum absolute atomic E-state index is 0.0813. The van der Waals surface area contributed by atoms with Crippen LogP contribution in [0.15, 0.2) is 21.5 Å². The van der Waals surface area contributed by atoms with Gasteiger partial charge in [0.1, 0.15) is 11.0 Å². The minimum Gasteiger partial charge on any atom is -0.472 e. The number of hydrogen-bond acceptors (Lipinski definition) is 4. The molecule has 1 aliphatic heterocycles. The summed E-state index contributed by atoms with van der Waals surface area (Å²) < 4.78 is 23.9. The fraction of sp³-hybridized carbons (Fsp3) is 0.444. The van der Waals surface area contributed by atoms with Crippen LogP contribution in [0.5, 0.6) is 5.88 Å². The maximum Gasteiger partial charge on any atom is 0.354 e. The molecule has 9 heteroatoms. The molecule has 0 saturated heterocycles. The zero-order valence-corrected chi connectivity index (χ0v) is 15.8. The molecule has 0 fully saturated rings. The fourth-order valence-corrected chi connectivity index (χ4v) is 5.17. The largest absolute Gasteiger partial charge is 0.472 e. The molecule has 1 aromatic carbocycles. The van der Waals surface area contributed by atoms with Gasteiger partial charge in [-0.3, -0.25) is 0 Å². The van der Waals surface area contributed by atoms with Crippen LogP contribution < -0.4 is 15.2 Å². The summed E-state index contributed by atoms with van der Waals surface area (Å²) in [6.07, 6.45) is 6.33. The minimum atomic E-state index is -3.45. The Bertz CT molecular complexity index is 1100. The lowest BCUT2D eigenvalue weighted by molar-refractivity contribution is 0.248. The third-order valence-electron chi connectivity index (χ3n) is 5.51. The van der Waals surface area contributed by atoms with E-state index >= 15 is 0 Å². The first-order valence-corrected chi connectivity index (χ1v) is 10.7. The topological polar surface area (TPSA) is 112 Å². The van der Waals surface area contributed by atoms with Crippen LogP contribution in [0.2, 0.25) is 0 Å². The molecule has 2 aromatic rings. The van der Waals surface area contributed by atoms with Gasteiger partial charge in [-0.05, 0) is 61.3 Å². The number of fused-ring (bicyclic) bond motifs is 3. The number of urea groups is 1. The number of rotatable bonds is 2. The Balaban J connectivity index is 1.47. The molecule has 0 bridgehead atoms. The molecule has 0 saturated carbocycles. The normalized spacial score (nSPS) is 21.3. The molecule has 3 N–H and O–H groups in total. The Morgan fingerprint density at radius 2 is 2.11 bits per heavy atom. The third-order valence-corrected chi connectivity index (χ3v) is 6.86. The number of ether oxygens (including phenoxy) is 1. The SMILES string of the molecule is C[C@H]1Cn2ncc([S@](N)(=O)=NC(=O)Nc3c4c(cc5c3CC5)CCC4)c2O1. The highest BCUT2D eigenvalue weighted by molar-refractivity contribution is 7.91. The number of nitrogens with one attached hydrogen (secondary N) is 1. The molecule has 2 atom stereocenters. The van der Waals surface area contributed by atoms with E-state index in [0.29, 0.717) is 12.4 Å². The maximum atomic E-state index is 12.9. The van der Waals surface area contributed by atoms with E-state index < -0.39 is 15.9 Å². The Morgan fingerprint density at radius 1 is 1.33 bits per heavy atom. The van der Waals surface area contributed by atoms with Gasteiger partial charge in [-0.15, -0.1) is 4.36 Å². The molecule has 142 valence electrons. The number of nitrogens with zero attached hydrogens (tertiary/aromatic N) is 3. The quantitative estimate of drug-likeness (QED) is 0.822. The smallest absolute Gasteiger partial charge is 0.354 e. The number of aryl methyl sites for hydroxylation is 2. The molecular weight excluding hydrogens is 366 g/mol. The lowest BCUT2D eigenvalue weighted by Crippen LogP contribution is -2.21. The van der Waals surface area contributed by atoms with Gasteiger partial charge in [0.25, 0.3) is 0 Å². The van der Waals surface area contributed by atoms with Gasteiger partial charge in [-0.2, -0.15) is 5.10 Å². The number of amides is 2. The summed E-state index contributed by atoms with van der Waals surface area (Å²) in [5, 5.41) is 12.9. The number of anilines is 1. The molecule has 0 spiro atoms. The van der Waals surface area contributed by atoms with Gasteiger partial charge in [-0.1, -0.05) is 6.07 Å². The van der Waals surface area contributed by atoms with Gasteiger partial charge < -0.3 is 10.1 Å². The zero-order valence-electron chi connectivity index (χ0n) is 15.0. The van der Waals surface area contributed by atoms with Crippen molar-refractivity contribution >= 4 is 21.6 Å². The van der Waals surface area contributed by atoms with Crippen molar-refractivity contribution in [1.82, 2.24) is 9.78 Å². The monoisotopic (exact) mass is 387 g/mol. The first-order valence-electron chi connectivity index (χ1n) is 9.17. The first kappa shape index (κ1) is 16.8. The third kappa shape index (κ3) is 2.64. The van der Waals surface area contributed by atoms with Gasteiger partial charge >= 0.3 is 6.03 Å². The standard InChI is InChI=1S/C18H21N5O3S/c1-10-9-23-17(26-10)15(8-20-23)27(19,25)22-18(24)21-16-13-4-2-3-11(13)7-12-5-6-14(12)16/h7-8,10H,2-6,9H2,1H3,(H3,19,21,22,24,25)/t10-,27+/m0/s1. The van der Waals surface area contributed by atoms with Crippen LogP contribution in [0, 0.1) is 0 Å². The van der Waals surface area contributed by atoms with Crippen molar-refractivity contribution in [2.75, 3.05) is 5.32 Å². The van der Waals surface area contributed by atoms with Gasteiger partial charge in [0, 0.05) is 5.69 Å². The van der Waals surface area contributed by atoms with Gasteiger partial charge in [-0.25, -0.2) is 18.8 Å². The van der Waals surface area contributed by atoms with E-state index in [1.807, 2.05) is 6.92 Å². The highest BCUT2D eigenvalue weighted by Crippen LogP contribution is 2.39. The summed E-state index contributed by atoms with van der Waals surface area (Å²) in [7, 11) is -3.45. The number of nitrogens with two attached hydrogens (primary N) is 1. The van der Waals surface area contributed by atoms with Crippen LogP contribution in [0.1, 0.15) is 35.6 Å². The predicted octanol–water partition coefficient (Wildman–Crippen LogP) is 2.18. The Hall–Kier alpha value is -2.39. The van der Waals surface area contributed by atoms with Gasteiger partial charge in [0.2, 0.25) is 5.88 Å². The summed E-state index contributed by atoms with van der Waals surface area (Å²) in [4.78, 5) is 12.7. The first-order chi connectivity index (χ1) is 12.9. The maximum absolute atomic E-state index is 12.9. The van der Waals surface area contributed by atoms with Crippen LogP contribution >= 0.6 is 0 Å². The second-order valence-electron chi connectivity index (χ2n) is 7.40. The summed E-state index contributed by atoms with van der Waals surface area (Å²) in [6, 6.07) is 1.57. The second-order valence-corrected chi connectivity index (χ2v) is 9.15. The molecule has 1 aromatic heterocycles. The number of hydrogen-bond donors (Lipinski definition) is 2. The van der Waals surface area contributed by atoms with Crippen LogP contribution in [0.25, 0.3) is 0 Å². The van der Waals surface area contributed by atoms with Crippen molar-refractivity contribution in [3.63, 3.8) is 0 Å². The van der Waals surface area contributed by atoms with E-state index in [0.717, 1.165) is 37.8 Å². The molecular formula is C18H21N5O3S. The van der Waals surface area contributed by atoms with E-state index in [-0.39, 0.29) is 11.0 Å². The summed E-state index contributed by atoms with van der Waals surface area (Å²) >= 11 is 0. The number of benzene rings is 1. The summed E-state index contributed by atoms with van der Waals surface area (Å²) in [5.41, 5.74) is 5.79. The van der Waals surface area contributed by atoms with Crippen molar-refractivity contribution in [2.24, 2.45) is 9.50 Å². The molecule has 27 heavy (non-hydrogen) atoms. The van der Waals surface area contributed by atoms with Gasteiger partial charge in [0.15, 0.2) is 9.92 Å². The van der Waals surface area contributed by atoms with E-state index in [9.17, 15) is 9.00 Å². The van der Waals surface area contributed by atoms with E-state index in [2.05, 4.69) is 20.8 Å². The van der Waals surface area contributed by atoms with Crippen molar-refractivity contribution < 1.29 is 13.7 Å². The molecule has 5 rings (SSSR count). The Morgan fingerprint density at radius 3 is 2.89 bits per heavy atom. The summed E-state index contributed by atoms with van der Waals surface area (Å²) in [5.74, 6) is 0.330. The van der Waals surface area contributed by atoms with E-state index in [4.69, 9.17) is 9.88 Å². The molecule has 2 amide bonds. The van der Waals surface area contributed by atoms with Crippen LogP contribution in [0.4, 0.5) is 10.5 Å². The number of carbonyl (C=O) groups excluding carboxylic acids is 1. The summed E-state index contributed by atoms with van der Waals surface area (Å²) in [6.45, 7) is 2.44. The molecule has 3 aliphatic rings. The average Bonchev–Trinajstić information content (AvgIpc) is 3.24. The van der Waals surface area contributed by atoms with Crippen LogP contribution in [-0.4, -0.2) is 26.1 Å². The lowest BCUT2D eigenvalue weighted by Gasteiger charge is -2.25. The van der Waals surface area contributed by atoms with Crippen molar-refractivity contribution in [3.05, 3.63) is 34.5 Å². The lowest BCUT2D eigenvalue weighted by atomic mass is 9.83. The molecule has 0 radical (unpaired) electrons. The van der Waals surface area contributed by atoms with Crippen LogP contribution in [-0.2, 0) is 42.1 Å². The van der Waals surface area contributed by atoms with E-state index in [1.54, 1.807) is 4.68 Å². The predicted molar refractivity (Wildman–Crippen MR) is 100 cm³/mol. The molecule has 8 nitrogen and oxygen atoms in total. The van der Waals surface area contributed by atoms with Crippen molar-refractivity contribution in [2.45, 2.75) is 56.6 Å². The molecule has 2 aliphatic carbocycles. The highest BCUT2D eigenvalue weighted by atomic mass is 32.2. The Kier molecular flexibility index (Phi) is 3.60. The second kappa shape index (κ2) is 5.80. The molecule has 2 heterocycles. The van der Waals surface area contributed by atoms with Crippen molar-refractivity contribution in [3.8, 4) is 5.88 Å². The fourth-order valence-electron chi connectivity index (χ4n) is 4.17. The molecule has 0 unspecified atom stereocenters. The van der Waals surface area contributed by atoms with Crippen molar-refractivity contribution in [1.29, 1.82) is 0 Å². The highest BCUT2D eigenvalue weighted by Gasteiger charge is 2.30.